The molecule has 0 aliphatic heterocycles. The first-order chi connectivity index (χ1) is 8.43. The standard InChI is InChI=1S/C13H15F3O2/c1-18-9-8-12(17)7-4-10-2-5-11(6-3-10)13(14,15)16/h2-3,5-6H,4,7-9H2,1H3. The third-order valence-electron chi connectivity index (χ3n) is 2.56. The smallest absolute Gasteiger partial charge is 0.384 e. The number of benzene rings is 1. The number of carbonyl (C=O) groups excluding carboxylic acids is 1. The molecule has 0 N–H and O–H groups in total. The number of methoxy groups -OCH3 is 1. The summed E-state index contributed by atoms with van der Waals surface area (Å²) in [5.74, 6) is 0.0525. The molecule has 0 radical (unpaired) electrons. The highest BCUT2D eigenvalue weighted by atomic mass is 19.4. The molecule has 0 bridgehead atoms. The Labute approximate surface area is 104 Å². The van der Waals surface area contributed by atoms with E-state index < -0.39 is 11.7 Å². The minimum atomic E-state index is -4.31. The first-order valence-corrected chi connectivity index (χ1v) is 5.60. The number of ketones is 1. The van der Waals surface area contributed by atoms with Crippen LogP contribution in [0.25, 0.3) is 0 Å². The van der Waals surface area contributed by atoms with Crippen molar-refractivity contribution in [2.24, 2.45) is 0 Å². The lowest BCUT2D eigenvalue weighted by molar-refractivity contribution is -0.137. The highest BCUT2D eigenvalue weighted by Gasteiger charge is 2.29. The highest BCUT2D eigenvalue weighted by Crippen LogP contribution is 2.29. The van der Waals surface area contributed by atoms with Crippen molar-refractivity contribution >= 4 is 5.78 Å². The van der Waals surface area contributed by atoms with Crippen molar-refractivity contribution in [2.75, 3.05) is 13.7 Å². The van der Waals surface area contributed by atoms with Gasteiger partial charge in [0.25, 0.3) is 0 Å². The van der Waals surface area contributed by atoms with Crippen molar-refractivity contribution in [3.8, 4) is 0 Å². The predicted octanol–water partition coefficient (Wildman–Crippen LogP) is 3.24. The maximum Gasteiger partial charge on any atom is 0.416 e. The van der Waals surface area contributed by atoms with Gasteiger partial charge in [-0.15, -0.1) is 0 Å². The van der Waals surface area contributed by atoms with Gasteiger partial charge < -0.3 is 4.74 Å². The van der Waals surface area contributed by atoms with Gasteiger partial charge in [0.05, 0.1) is 12.2 Å². The Hall–Kier alpha value is -1.36. The Kier molecular flexibility index (Phi) is 5.34. The molecule has 0 saturated carbocycles. The van der Waals surface area contributed by atoms with Crippen LogP contribution in [0.2, 0.25) is 0 Å². The average Bonchev–Trinajstić information content (AvgIpc) is 2.33. The van der Waals surface area contributed by atoms with Crippen LogP contribution in [0, 0.1) is 0 Å². The first kappa shape index (κ1) is 14.7. The van der Waals surface area contributed by atoms with Gasteiger partial charge in [-0.1, -0.05) is 12.1 Å². The van der Waals surface area contributed by atoms with Gasteiger partial charge >= 0.3 is 6.18 Å². The monoisotopic (exact) mass is 260 g/mol. The van der Waals surface area contributed by atoms with E-state index in [1.165, 1.54) is 19.2 Å². The summed E-state index contributed by atoms with van der Waals surface area (Å²) >= 11 is 0. The summed E-state index contributed by atoms with van der Waals surface area (Å²) < 4.78 is 41.7. The molecule has 0 unspecified atom stereocenters. The number of Topliss-reactive ketones (excluding diaryl/α,β-unsaturated/α-hetero) is 1. The topological polar surface area (TPSA) is 26.3 Å². The second kappa shape index (κ2) is 6.54. The molecular formula is C13H15F3O2. The minimum Gasteiger partial charge on any atom is -0.384 e. The molecule has 0 atom stereocenters. The van der Waals surface area contributed by atoms with E-state index in [4.69, 9.17) is 4.74 Å². The van der Waals surface area contributed by atoms with E-state index in [1.54, 1.807) is 0 Å². The zero-order valence-electron chi connectivity index (χ0n) is 10.1. The molecule has 0 aromatic heterocycles. The zero-order chi connectivity index (χ0) is 13.6. The predicted molar refractivity (Wildman–Crippen MR) is 61.3 cm³/mol. The summed E-state index contributed by atoms with van der Waals surface area (Å²) in [5, 5.41) is 0. The Morgan fingerprint density at radius 2 is 1.78 bits per heavy atom. The van der Waals surface area contributed by atoms with Gasteiger partial charge in [0.1, 0.15) is 5.78 Å². The first-order valence-electron chi connectivity index (χ1n) is 5.60. The molecule has 1 aromatic rings. The molecule has 0 saturated heterocycles. The minimum absolute atomic E-state index is 0.0525. The van der Waals surface area contributed by atoms with E-state index in [0.29, 0.717) is 25.9 Å². The van der Waals surface area contributed by atoms with Crippen molar-refractivity contribution in [3.63, 3.8) is 0 Å². The van der Waals surface area contributed by atoms with E-state index >= 15 is 0 Å². The van der Waals surface area contributed by atoms with Crippen LogP contribution in [0.5, 0.6) is 0 Å². The van der Waals surface area contributed by atoms with Crippen molar-refractivity contribution < 1.29 is 22.7 Å². The van der Waals surface area contributed by atoms with Crippen LogP contribution in [-0.2, 0) is 22.1 Å². The Bertz CT molecular complexity index is 382. The van der Waals surface area contributed by atoms with Crippen molar-refractivity contribution in [1.82, 2.24) is 0 Å². The second-order valence-corrected chi connectivity index (χ2v) is 3.98. The number of rotatable bonds is 6. The van der Waals surface area contributed by atoms with Gasteiger partial charge in [-0.3, -0.25) is 4.79 Å². The molecule has 1 rings (SSSR count). The Balaban J connectivity index is 2.47. The van der Waals surface area contributed by atoms with E-state index in [2.05, 4.69) is 0 Å². The third kappa shape index (κ3) is 4.87. The van der Waals surface area contributed by atoms with Crippen LogP contribution < -0.4 is 0 Å². The lowest BCUT2D eigenvalue weighted by Crippen LogP contribution is -2.06. The summed E-state index contributed by atoms with van der Waals surface area (Å²) in [7, 11) is 1.52. The Morgan fingerprint density at radius 3 is 2.28 bits per heavy atom. The maximum atomic E-state index is 12.3. The van der Waals surface area contributed by atoms with Gasteiger partial charge in [-0.2, -0.15) is 13.2 Å². The molecule has 2 nitrogen and oxygen atoms in total. The number of aryl methyl sites for hydroxylation is 1. The number of hydrogen-bond donors (Lipinski definition) is 0. The van der Waals surface area contributed by atoms with Crippen molar-refractivity contribution in [2.45, 2.75) is 25.4 Å². The molecule has 0 heterocycles. The fraction of sp³-hybridized carbons (Fsp3) is 0.462. The molecule has 100 valence electrons. The number of ether oxygens (including phenoxy) is 1. The highest BCUT2D eigenvalue weighted by molar-refractivity contribution is 5.78. The van der Waals surface area contributed by atoms with Gasteiger partial charge in [0, 0.05) is 20.0 Å². The van der Waals surface area contributed by atoms with Gasteiger partial charge in [0.2, 0.25) is 0 Å². The van der Waals surface area contributed by atoms with Crippen LogP contribution in [-0.4, -0.2) is 19.5 Å². The van der Waals surface area contributed by atoms with Crippen LogP contribution >= 0.6 is 0 Å². The summed E-state index contributed by atoms with van der Waals surface area (Å²) in [6, 6.07) is 4.89. The summed E-state index contributed by atoms with van der Waals surface area (Å²) in [6.45, 7) is 0.381. The number of alkyl halides is 3. The molecule has 1 aromatic carbocycles. The number of hydrogen-bond acceptors (Lipinski definition) is 2. The molecule has 0 aliphatic rings. The lowest BCUT2D eigenvalue weighted by Gasteiger charge is -2.07. The number of carbonyl (C=O) groups is 1. The number of halogens is 3. The Morgan fingerprint density at radius 1 is 1.17 bits per heavy atom. The SMILES string of the molecule is COCCC(=O)CCc1ccc(C(F)(F)F)cc1. The van der Waals surface area contributed by atoms with Crippen LogP contribution in [0.15, 0.2) is 24.3 Å². The van der Waals surface area contributed by atoms with Gasteiger partial charge in [-0.25, -0.2) is 0 Å². The van der Waals surface area contributed by atoms with Crippen molar-refractivity contribution in [3.05, 3.63) is 35.4 Å². The van der Waals surface area contributed by atoms with Crippen LogP contribution in [0.3, 0.4) is 0 Å². The zero-order valence-corrected chi connectivity index (χ0v) is 10.1. The van der Waals surface area contributed by atoms with Crippen molar-refractivity contribution in [1.29, 1.82) is 0 Å². The fourth-order valence-electron chi connectivity index (χ4n) is 1.49. The molecule has 0 aliphatic carbocycles. The summed E-state index contributed by atoms with van der Waals surface area (Å²) in [5.41, 5.74) is 0.0609. The molecule has 18 heavy (non-hydrogen) atoms. The fourth-order valence-corrected chi connectivity index (χ4v) is 1.49. The van der Waals surface area contributed by atoms with E-state index in [9.17, 15) is 18.0 Å². The molecule has 0 spiro atoms. The molecule has 0 fully saturated rings. The van der Waals surface area contributed by atoms with Crippen LogP contribution in [0.1, 0.15) is 24.0 Å². The van der Waals surface area contributed by atoms with E-state index in [1.807, 2.05) is 0 Å². The normalized spacial score (nSPS) is 11.6. The molecule has 0 amide bonds. The average molecular weight is 260 g/mol. The summed E-state index contributed by atoms with van der Waals surface area (Å²) in [4.78, 5) is 11.3. The van der Waals surface area contributed by atoms with Gasteiger partial charge in [-0.05, 0) is 24.1 Å². The maximum absolute atomic E-state index is 12.3. The second-order valence-electron chi connectivity index (χ2n) is 3.98. The largest absolute Gasteiger partial charge is 0.416 e. The molecule has 5 heteroatoms. The van der Waals surface area contributed by atoms with E-state index in [-0.39, 0.29) is 5.78 Å². The molecular weight excluding hydrogens is 245 g/mol. The lowest BCUT2D eigenvalue weighted by atomic mass is 10.0. The van der Waals surface area contributed by atoms with Crippen LogP contribution in [0.4, 0.5) is 13.2 Å². The summed E-state index contributed by atoms with van der Waals surface area (Å²) in [6.07, 6.45) is -3.18. The van der Waals surface area contributed by atoms with Gasteiger partial charge in [0.15, 0.2) is 0 Å². The van der Waals surface area contributed by atoms with E-state index in [0.717, 1.165) is 17.7 Å². The third-order valence-corrected chi connectivity index (χ3v) is 2.56. The quantitative estimate of drug-likeness (QED) is 0.784.